The molecular weight excluding hydrogens is 412 g/mol. The first-order valence-corrected chi connectivity index (χ1v) is 10.0. The van der Waals surface area contributed by atoms with Crippen LogP contribution in [-0.4, -0.2) is 42.9 Å². The van der Waals surface area contributed by atoms with Crippen LogP contribution in [0.5, 0.6) is 0 Å². The summed E-state index contributed by atoms with van der Waals surface area (Å²) in [6.45, 7) is 1.85. The molecule has 6 nitrogen and oxygen atoms in total. The van der Waals surface area contributed by atoms with E-state index in [2.05, 4.69) is 5.32 Å². The molecule has 3 rings (SSSR count). The first-order chi connectivity index (χ1) is 13.9. The summed E-state index contributed by atoms with van der Waals surface area (Å²) in [7, 11) is 1.52. The number of hydrogen-bond donors (Lipinski definition) is 1. The van der Waals surface area contributed by atoms with Gasteiger partial charge in [0, 0.05) is 29.6 Å². The van der Waals surface area contributed by atoms with Crippen molar-refractivity contribution in [3.05, 3.63) is 64.0 Å². The Morgan fingerprint density at radius 1 is 1.07 bits per heavy atom. The standard InChI is InChI=1S/C21H19ClN2O4S/c1-13(25)23-16-7-3-14(4-8-16)18-19(29-17-9-5-15(22)6-10-17)21(27)24(20(18)26)11-12-28-2/h3-10H,11-12H2,1-2H3,(H,23,25). The fraction of sp³-hybridized carbons (Fsp3) is 0.190. The van der Waals surface area contributed by atoms with Gasteiger partial charge in [0.25, 0.3) is 11.8 Å². The Kier molecular flexibility index (Phi) is 6.74. The van der Waals surface area contributed by atoms with Crippen molar-refractivity contribution >= 4 is 52.3 Å². The summed E-state index contributed by atoms with van der Waals surface area (Å²) >= 11 is 7.17. The summed E-state index contributed by atoms with van der Waals surface area (Å²) < 4.78 is 5.03. The zero-order valence-electron chi connectivity index (χ0n) is 15.9. The van der Waals surface area contributed by atoms with Crippen molar-refractivity contribution in [1.29, 1.82) is 0 Å². The second-order valence-electron chi connectivity index (χ2n) is 6.27. The lowest BCUT2D eigenvalue weighted by molar-refractivity contribution is -0.137. The van der Waals surface area contributed by atoms with E-state index in [1.165, 1.54) is 30.7 Å². The zero-order chi connectivity index (χ0) is 21.0. The van der Waals surface area contributed by atoms with Crippen LogP contribution in [0.3, 0.4) is 0 Å². The quantitative estimate of drug-likeness (QED) is 0.676. The molecule has 0 bridgehead atoms. The van der Waals surface area contributed by atoms with E-state index in [1.54, 1.807) is 48.5 Å². The fourth-order valence-corrected chi connectivity index (χ4v) is 3.97. The molecule has 0 unspecified atom stereocenters. The van der Waals surface area contributed by atoms with Crippen LogP contribution in [0.1, 0.15) is 12.5 Å². The first kappa shape index (κ1) is 21.1. The predicted molar refractivity (Wildman–Crippen MR) is 114 cm³/mol. The maximum absolute atomic E-state index is 13.0. The molecule has 0 fully saturated rings. The number of methoxy groups -OCH3 is 1. The highest BCUT2D eigenvalue weighted by Gasteiger charge is 2.39. The lowest BCUT2D eigenvalue weighted by Gasteiger charge is -2.14. The molecule has 2 aromatic carbocycles. The van der Waals surface area contributed by atoms with Crippen molar-refractivity contribution in [3.63, 3.8) is 0 Å². The molecule has 2 aromatic rings. The number of benzene rings is 2. The van der Waals surface area contributed by atoms with Crippen LogP contribution in [0.4, 0.5) is 5.69 Å². The summed E-state index contributed by atoms with van der Waals surface area (Å²) in [5, 5.41) is 3.27. The van der Waals surface area contributed by atoms with Crippen LogP contribution in [-0.2, 0) is 19.1 Å². The van der Waals surface area contributed by atoms with E-state index >= 15 is 0 Å². The van der Waals surface area contributed by atoms with Crippen LogP contribution >= 0.6 is 23.4 Å². The van der Waals surface area contributed by atoms with Crippen molar-refractivity contribution in [3.8, 4) is 0 Å². The van der Waals surface area contributed by atoms with Gasteiger partial charge in [-0.15, -0.1) is 0 Å². The molecule has 0 radical (unpaired) electrons. The Labute approximate surface area is 177 Å². The monoisotopic (exact) mass is 430 g/mol. The third kappa shape index (κ3) is 4.87. The van der Waals surface area contributed by atoms with E-state index in [9.17, 15) is 14.4 Å². The SMILES string of the molecule is COCCN1C(=O)C(Sc2ccc(Cl)cc2)=C(c2ccc(NC(C)=O)cc2)C1=O. The number of imide groups is 1. The van der Waals surface area contributed by atoms with Crippen LogP contribution in [0.2, 0.25) is 5.02 Å². The van der Waals surface area contributed by atoms with Gasteiger partial charge in [-0.2, -0.15) is 0 Å². The minimum absolute atomic E-state index is 0.173. The van der Waals surface area contributed by atoms with Crippen LogP contribution in [0, 0.1) is 0 Å². The van der Waals surface area contributed by atoms with Gasteiger partial charge in [0.05, 0.1) is 23.6 Å². The summed E-state index contributed by atoms with van der Waals surface area (Å²) in [4.78, 5) is 39.6. The third-order valence-corrected chi connectivity index (χ3v) is 5.51. The molecule has 1 aliphatic rings. The third-order valence-electron chi connectivity index (χ3n) is 4.17. The number of nitrogens with zero attached hydrogens (tertiary/aromatic N) is 1. The molecule has 0 atom stereocenters. The molecule has 1 N–H and O–H groups in total. The number of rotatable bonds is 7. The van der Waals surface area contributed by atoms with Crippen molar-refractivity contribution in [2.24, 2.45) is 0 Å². The van der Waals surface area contributed by atoms with Gasteiger partial charge >= 0.3 is 0 Å². The number of hydrogen-bond acceptors (Lipinski definition) is 5. The van der Waals surface area contributed by atoms with E-state index < -0.39 is 0 Å². The van der Waals surface area contributed by atoms with Gasteiger partial charge < -0.3 is 10.1 Å². The van der Waals surface area contributed by atoms with E-state index in [-0.39, 0.29) is 30.9 Å². The van der Waals surface area contributed by atoms with E-state index in [4.69, 9.17) is 16.3 Å². The smallest absolute Gasteiger partial charge is 0.268 e. The average Bonchev–Trinajstić information content (AvgIpc) is 2.92. The molecular formula is C21H19ClN2O4S. The lowest BCUT2D eigenvalue weighted by atomic mass is 10.1. The van der Waals surface area contributed by atoms with E-state index in [1.807, 2.05) is 0 Å². The number of amides is 3. The van der Waals surface area contributed by atoms with Crippen LogP contribution < -0.4 is 5.32 Å². The second kappa shape index (κ2) is 9.26. The summed E-state index contributed by atoms with van der Waals surface area (Å²) in [5.74, 6) is -0.905. The topological polar surface area (TPSA) is 75.7 Å². The number of nitrogens with one attached hydrogen (secondary N) is 1. The van der Waals surface area contributed by atoms with Crippen molar-refractivity contribution in [2.45, 2.75) is 11.8 Å². The zero-order valence-corrected chi connectivity index (χ0v) is 17.5. The molecule has 29 heavy (non-hydrogen) atoms. The highest BCUT2D eigenvalue weighted by atomic mass is 35.5. The maximum atomic E-state index is 13.0. The predicted octanol–water partition coefficient (Wildman–Crippen LogP) is 3.82. The summed E-state index contributed by atoms with van der Waals surface area (Å²) in [5.41, 5.74) is 1.55. The molecule has 0 aliphatic carbocycles. The summed E-state index contributed by atoms with van der Waals surface area (Å²) in [6, 6.07) is 13.9. The maximum Gasteiger partial charge on any atom is 0.268 e. The van der Waals surface area contributed by atoms with Crippen LogP contribution in [0.15, 0.2) is 58.3 Å². The first-order valence-electron chi connectivity index (χ1n) is 8.81. The minimum atomic E-state index is -0.365. The van der Waals surface area contributed by atoms with Crippen molar-refractivity contribution in [2.75, 3.05) is 25.6 Å². The van der Waals surface area contributed by atoms with Gasteiger partial charge in [-0.1, -0.05) is 35.5 Å². The largest absolute Gasteiger partial charge is 0.383 e. The Hall–Kier alpha value is -2.61. The number of thioether (sulfide) groups is 1. The molecule has 0 spiro atoms. The van der Waals surface area contributed by atoms with Gasteiger partial charge in [-0.3, -0.25) is 19.3 Å². The van der Waals surface area contributed by atoms with Gasteiger partial charge in [0.2, 0.25) is 5.91 Å². The molecule has 0 saturated carbocycles. The Balaban J connectivity index is 1.99. The molecule has 0 aromatic heterocycles. The van der Waals surface area contributed by atoms with Crippen molar-refractivity contribution in [1.82, 2.24) is 4.90 Å². The van der Waals surface area contributed by atoms with Gasteiger partial charge in [-0.05, 0) is 42.0 Å². The van der Waals surface area contributed by atoms with Gasteiger partial charge in [0.15, 0.2) is 0 Å². The minimum Gasteiger partial charge on any atom is -0.383 e. The van der Waals surface area contributed by atoms with Gasteiger partial charge in [0.1, 0.15) is 0 Å². The number of carbonyl (C=O) groups is 3. The Morgan fingerprint density at radius 3 is 2.31 bits per heavy atom. The molecule has 150 valence electrons. The number of anilines is 1. The molecule has 1 aliphatic heterocycles. The normalized spacial score (nSPS) is 14.0. The molecule has 8 heteroatoms. The van der Waals surface area contributed by atoms with Gasteiger partial charge in [-0.25, -0.2) is 0 Å². The van der Waals surface area contributed by atoms with E-state index in [0.717, 1.165) is 4.90 Å². The second-order valence-corrected chi connectivity index (χ2v) is 7.79. The number of ether oxygens (including phenoxy) is 1. The fourth-order valence-electron chi connectivity index (χ4n) is 2.83. The Bertz CT molecular complexity index is 971. The Morgan fingerprint density at radius 2 is 1.72 bits per heavy atom. The molecule has 0 saturated heterocycles. The molecule has 3 amide bonds. The number of carbonyl (C=O) groups excluding carboxylic acids is 3. The average molecular weight is 431 g/mol. The highest BCUT2D eigenvalue weighted by Crippen LogP contribution is 2.40. The van der Waals surface area contributed by atoms with Crippen LogP contribution in [0.25, 0.3) is 5.57 Å². The number of halogens is 1. The summed E-state index contributed by atoms with van der Waals surface area (Å²) in [6.07, 6.45) is 0. The lowest BCUT2D eigenvalue weighted by Crippen LogP contribution is -2.34. The van der Waals surface area contributed by atoms with E-state index in [0.29, 0.717) is 26.8 Å². The molecule has 1 heterocycles. The van der Waals surface area contributed by atoms with Crippen molar-refractivity contribution < 1.29 is 19.1 Å². The highest BCUT2D eigenvalue weighted by molar-refractivity contribution is 8.04.